The van der Waals surface area contributed by atoms with Gasteiger partial charge in [-0.3, -0.25) is 14.4 Å². The largest absolute Gasteiger partial charge is 0.370 e. The van der Waals surface area contributed by atoms with Crippen molar-refractivity contribution in [2.45, 2.75) is 38.1 Å². The maximum Gasteiger partial charge on any atom is 0.251 e. The summed E-state index contributed by atoms with van der Waals surface area (Å²) in [6.07, 6.45) is 3.02. The van der Waals surface area contributed by atoms with E-state index in [0.717, 1.165) is 25.3 Å². The van der Waals surface area contributed by atoms with Gasteiger partial charge in [-0.05, 0) is 37.0 Å². The molecule has 0 saturated heterocycles. The smallest absolute Gasteiger partial charge is 0.251 e. The predicted molar refractivity (Wildman–Crippen MR) is 98.4 cm³/mol. The van der Waals surface area contributed by atoms with Crippen molar-refractivity contribution in [3.63, 3.8) is 0 Å². The molecule has 6 N–H and O–H groups in total. The van der Waals surface area contributed by atoms with Gasteiger partial charge in [0.1, 0.15) is 5.82 Å². The van der Waals surface area contributed by atoms with E-state index >= 15 is 0 Å². The lowest BCUT2D eigenvalue weighted by molar-refractivity contribution is -0.118. The SMILES string of the molecule is Cl.NC(=O)CCNC(=O)c1ccc(F)c(NC(=O)C[C@@H]2CCC[C@H]2N)c1. The molecular weight excluding hydrogens is 363 g/mol. The molecule has 26 heavy (non-hydrogen) atoms. The highest BCUT2D eigenvalue weighted by atomic mass is 35.5. The minimum atomic E-state index is -0.627. The van der Waals surface area contributed by atoms with Crippen molar-refractivity contribution < 1.29 is 18.8 Å². The van der Waals surface area contributed by atoms with Crippen LogP contribution in [-0.2, 0) is 9.59 Å². The van der Waals surface area contributed by atoms with Gasteiger partial charge in [-0.2, -0.15) is 0 Å². The molecular formula is C17H24ClFN4O3. The Morgan fingerprint density at radius 3 is 2.58 bits per heavy atom. The van der Waals surface area contributed by atoms with Crippen LogP contribution in [0.5, 0.6) is 0 Å². The van der Waals surface area contributed by atoms with Gasteiger partial charge in [0.05, 0.1) is 5.69 Å². The van der Waals surface area contributed by atoms with Crippen LogP contribution in [0.3, 0.4) is 0 Å². The zero-order chi connectivity index (χ0) is 18.4. The van der Waals surface area contributed by atoms with Crippen LogP contribution in [-0.4, -0.2) is 30.3 Å². The normalized spacial score (nSPS) is 18.7. The van der Waals surface area contributed by atoms with Crippen molar-refractivity contribution in [1.82, 2.24) is 5.32 Å². The van der Waals surface area contributed by atoms with Crippen LogP contribution in [0.2, 0.25) is 0 Å². The summed E-state index contributed by atoms with van der Waals surface area (Å²) < 4.78 is 13.9. The van der Waals surface area contributed by atoms with Crippen molar-refractivity contribution in [3.05, 3.63) is 29.6 Å². The molecule has 0 aliphatic heterocycles. The first-order valence-electron chi connectivity index (χ1n) is 8.28. The predicted octanol–water partition coefficient (Wildman–Crippen LogP) is 1.31. The molecule has 0 heterocycles. The van der Waals surface area contributed by atoms with Crippen LogP contribution in [0.25, 0.3) is 0 Å². The van der Waals surface area contributed by atoms with Gasteiger partial charge in [-0.1, -0.05) is 6.42 Å². The molecule has 0 unspecified atom stereocenters. The van der Waals surface area contributed by atoms with E-state index in [1.165, 1.54) is 12.1 Å². The number of anilines is 1. The minimum Gasteiger partial charge on any atom is -0.370 e. The third-order valence-electron chi connectivity index (χ3n) is 4.33. The third-order valence-corrected chi connectivity index (χ3v) is 4.33. The zero-order valence-electron chi connectivity index (χ0n) is 14.3. The van der Waals surface area contributed by atoms with E-state index in [2.05, 4.69) is 10.6 Å². The quantitative estimate of drug-likeness (QED) is 0.563. The Bertz CT molecular complexity index is 671. The molecule has 144 valence electrons. The molecule has 0 bridgehead atoms. The van der Waals surface area contributed by atoms with Crippen LogP contribution in [0, 0.1) is 11.7 Å². The molecule has 1 aliphatic rings. The van der Waals surface area contributed by atoms with Crippen LogP contribution >= 0.6 is 12.4 Å². The molecule has 1 fully saturated rings. The van der Waals surface area contributed by atoms with Crippen molar-refractivity contribution in [3.8, 4) is 0 Å². The number of primary amides is 1. The molecule has 0 radical (unpaired) electrons. The molecule has 0 aromatic heterocycles. The first-order valence-corrected chi connectivity index (χ1v) is 8.28. The number of rotatable bonds is 7. The topological polar surface area (TPSA) is 127 Å². The summed E-state index contributed by atoms with van der Waals surface area (Å²) in [6.45, 7) is 0.0901. The number of hydrogen-bond acceptors (Lipinski definition) is 4. The highest BCUT2D eigenvalue weighted by Crippen LogP contribution is 2.27. The van der Waals surface area contributed by atoms with Crippen molar-refractivity contribution in [2.75, 3.05) is 11.9 Å². The van der Waals surface area contributed by atoms with Gasteiger partial charge < -0.3 is 22.1 Å². The number of carbonyl (C=O) groups excluding carboxylic acids is 3. The molecule has 2 atom stereocenters. The molecule has 7 nitrogen and oxygen atoms in total. The number of benzene rings is 1. The number of carbonyl (C=O) groups is 3. The maximum atomic E-state index is 13.9. The molecule has 1 aromatic rings. The summed E-state index contributed by atoms with van der Waals surface area (Å²) in [5.41, 5.74) is 11.1. The van der Waals surface area contributed by atoms with Crippen LogP contribution in [0.4, 0.5) is 10.1 Å². The number of nitrogens with two attached hydrogens (primary N) is 2. The second kappa shape index (κ2) is 10.1. The van der Waals surface area contributed by atoms with Gasteiger partial charge >= 0.3 is 0 Å². The number of halogens is 2. The second-order valence-electron chi connectivity index (χ2n) is 6.27. The van der Waals surface area contributed by atoms with Gasteiger partial charge in [0.25, 0.3) is 5.91 Å². The minimum absolute atomic E-state index is 0. The summed E-state index contributed by atoms with van der Waals surface area (Å²) >= 11 is 0. The Balaban J connectivity index is 0.00000338. The van der Waals surface area contributed by atoms with Crippen molar-refractivity contribution >= 4 is 35.8 Å². The summed E-state index contributed by atoms with van der Waals surface area (Å²) in [7, 11) is 0. The van der Waals surface area contributed by atoms with Crippen LogP contribution in [0.15, 0.2) is 18.2 Å². The Morgan fingerprint density at radius 2 is 1.96 bits per heavy atom. The molecule has 9 heteroatoms. The monoisotopic (exact) mass is 386 g/mol. The van der Waals surface area contributed by atoms with E-state index in [0.29, 0.717) is 0 Å². The van der Waals surface area contributed by atoms with Gasteiger partial charge in [-0.15, -0.1) is 12.4 Å². The first-order chi connectivity index (χ1) is 11.9. The van der Waals surface area contributed by atoms with Gasteiger partial charge in [0.15, 0.2) is 0 Å². The van der Waals surface area contributed by atoms with Gasteiger partial charge in [0, 0.05) is 31.0 Å². The van der Waals surface area contributed by atoms with Gasteiger partial charge in [-0.25, -0.2) is 4.39 Å². The van der Waals surface area contributed by atoms with E-state index in [4.69, 9.17) is 11.5 Å². The molecule has 3 amide bonds. The van der Waals surface area contributed by atoms with Gasteiger partial charge in [0.2, 0.25) is 11.8 Å². The average Bonchev–Trinajstić information content (AvgIpc) is 2.94. The molecule has 2 rings (SSSR count). The standard InChI is InChI=1S/C17H23FN4O3.ClH/c18-12-5-4-11(17(25)21-7-6-15(20)23)8-14(12)22-16(24)9-10-2-1-3-13(10)19;/h4-5,8,10,13H,1-3,6-7,9,19H2,(H2,20,23)(H,21,25)(H,22,24);1H/t10-,13+;/m0./s1. The fraction of sp³-hybridized carbons (Fsp3) is 0.471. The van der Waals surface area contributed by atoms with E-state index in [9.17, 15) is 18.8 Å². The highest BCUT2D eigenvalue weighted by molar-refractivity contribution is 5.97. The third kappa shape index (κ3) is 6.27. The molecule has 1 saturated carbocycles. The fourth-order valence-electron chi connectivity index (χ4n) is 2.92. The summed E-state index contributed by atoms with van der Waals surface area (Å²) in [4.78, 5) is 34.8. The zero-order valence-corrected chi connectivity index (χ0v) is 15.1. The number of hydrogen-bond donors (Lipinski definition) is 4. The molecule has 0 spiro atoms. The van der Waals surface area contributed by atoms with Crippen molar-refractivity contribution in [1.29, 1.82) is 0 Å². The fourth-order valence-corrected chi connectivity index (χ4v) is 2.92. The first kappa shape index (κ1) is 21.9. The van der Waals surface area contributed by atoms with E-state index in [1.807, 2.05) is 0 Å². The maximum absolute atomic E-state index is 13.9. The Hall–Kier alpha value is -2.19. The van der Waals surface area contributed by atoms with E-state index in [1.54, 1.807) is 0 Å². The average molecular weight is 387 g/mol. The van der Waals surface area contributed by atoms with Crippen LogP contribution < -0.4 is 22.1 Å². The Labute approximate surface area is 157 Å². The summed E-state index contributed by atoms with van der Waals surface area (Å²) in [5, 5.41) is 5.01. The molecule has 1 aliphatic carbocycles. The highest BCUT2D eigenvalue weighted by Gasteiger charge is 2.26. The Morgan fingerprint density at radius 1 is 1.23 bits per heavy atom. The lowest BCUT2D eigenvalue weighted by Crippen LogP contribution is -2.29. The summed E-state index contributed by atoms with van der Waals surface area (Å²) in [6, 6.07) is 3.68. The lowest BCUT2D eigenvalue weighted by Gasteiger charge is -2.15. The lowest BCUT2D eigenvalue weighted by atomic mass is 10.00. The number of amides is 3. The Kier molecular flexibility index (Phi) is 8.47. The van der Waals surface area contributed by atoms with E-state index in [-0.39, 0.29) is 60.9 Å². The molecule has 1 aromatic carbocycles. The number of nitrogens with one attached hydrogen (secondary N) is 2. The second-order valence-corrected chi connectivity index (χ2v) is 6.27. The van der Waals surface area contributed by atoms with Crippen LogP contribution in [0.1, 0.15) is 42.5 Å². The van der Waals surface area contributed by atoms with Crippen molar-refractivity contribution in [2.24, 2.45) is 17.4 Å². The van der Waals surface area contributed by atoms with E-state index < -0.39 is 17.6 Å². The summed E-state index contributed by atoms with van der Waals surface area (Å²) in [5.74, 6) is -1.86.